The van der Waals surface area contributed by atoms with E-state index in [9.17, 15) is 4.79 Å². The molecule has 0 saturated carbocycles. The monoisotopic (exact) mass is 438 g/mol. The molecule has 0 fully saturated rings. The number of carbonyl (C=O) groups is 1. The van der Waals surface area contributed by atoms with Gasteiger partial charge in [-0.05, 0) is 49.4 Å². The van der Waals surface area contributed by atoms with Crippen LogP contribution in [0.15, 0.2) is 40.1 Å². The number of rotatable bonds is 8. The average Bonchev–Trinajstić information content (AvgIpc) is 3.31. The number of benzene rings is 1. The van der Waals surface area contributed by atoms with Crippen LogP contribution < -0.4 is 10.6 Å². The molecule has 1 aromatic carbocycles. The number of halogens is 1. The normalized spacial score (nSPS) is 12.0. The average molecular weight is 439 g/mol. The van der Waals surface area contributed by atoms with E-state index in [4.69, 9.17) is 11.6 Å². The third-order valence-corrected chi connectivity index (χ3v) is 7.22. The molecule has 27 heavy (non-hydrogen) atoms. The van der Waals surface area contributed by atoms with Crippen molar-refractivity contribution >= 4 is 62.8 Å². The van der Waals surface area contributed by atoms with Gasteiger partial charge in [-0.1, -0.05) is 46.8 Å². The van der Waals surface area contributed by atoms with Crippen molar-refractivity contribution in [1.82, 2.24) is 10.2 Å². The van der Waals surface area contributed by atoms with Gasteiger partial charge >= 0.3 is 0 Å². The van der Waals surface area contributed by atoms with Crippen molar-refractivity contribution in [3.63, 3.8) is 0 Å². The van der Waals surface area contributed by atoms with Gasteiger partial charge in [0.25, 0.3) is 0 Å². The first-order valence-electron chi connectivity index (χ1n) is 8.35. The van der Waals surface area contributed by atoms with E-state index >= 15 is 0 Å². The third-order valence-electron chi connectivity index (χ3n) is 3.81. The Morgan fingerprint density at radius 3 is 2.93 bits per heavy atom. The highest BCUT2D eigenvalue weighted by molar-refractivity contribution is 8.02. The zero-order valence-electron chi connectivity index (χ0n) is 14.9. The number of hydrogen-bond acceptors (Lipinski definition) is 7. The Kier molecular flexibility index (Phi) is 7.12. The second-order valence-electron chi connectivity index (χ2n) is 5.79. The highest BCUT2D eigenvalue weighted by Crippen LogP contribution is 2.30. The summed E-state index contributed by atoms with van der Waals surface area (Å²) in [7, 11) is 0. The van der Waals surface area contributed by atoms with Gasteiger partial charge in [0, 0.05) is 22.1 Å². The van der Waals surface area contributed by atoms with Gasteiger partial charge in [-0.15, -0.1) is 21.5 Å². The lowest BCUT2D eigenvalue weighted by molar-refractivity contribution is -0.115. The predicted molar refractivity (Wildman–Crippen MR) is 117 cm³/mol. The van der Waals surface area contributed by atoms with Crippen molar-refractivity contribution in [2.45, 2.75) is 29.9 Å². The Balaban J connectivity index is 1.50. The lowest BCUT2D eigenvalue weighted by Gasteiger charge is -2.12. The Hall–Kier alpha value is -1.61. The predicted octanol–water partition coefficient (Wildman–Crippen LogP) is 5.34. The van der Waals surface area contributed by atoms with Crippen LogP contribution in [0.3, 0.4) is 0 Å². The maximum atomic E-state index is 12.5. The topological polar surface area (TPSA) is 66.9 Å². The molecule has 2 N–H and O–H groups in total. The Labute approximate surface area is 175 Å². The minimum absolute atomic E-state index is 0.0900. The van der Waals surface area contributed by atoms with Crippen LogP contribution in [0.1, 0.15) is 17.4 Å². The number of thiophene rings is 1. The Bertz CT molecular complexity index is 898. The van der Waals surface area contributed by atoms with Crippen LogP contribution >= 0.6 is 46.0 Å². The van der Waals surface area contributed by atoms with Gasteiger partial charge in [0.1, 0.15) is 0 Å². The highest BCUT2D eigenvalue weighted by Gasteiger charge is 2.18. The van der Waals surface area contributed by atoms with E-state index in [1.807, 2.05) is 26.0 Å². The molecule has 3 aromatic rings. The zero-order valence-corrected chi connectivity index (χ0v) is 18.1. The smallest absolute Gasteiger partial charge is 0.237 e. The second kappa shape index (κ2) is 9.54. The largest absolute Gasteiger partial charge is 0.360 e. The number of carbonyl (C=O) groups excluding carboxylic acids is 1. The molecule has 0 radical (unpaired) electrons. The molecule has 0 unspecified atom stereocenters. The van der Waals surface area contributed by atoms with Gasteiger partial charge in [-0.3, -0.25) is 4.79 Å². The standard InChI is InChI=1S/C18H19ClN4OS3/c1-11-14(19)6-3-7-15(11)21-16(24)12(2)26-18-23-22-17(27-18)20-9-8-13-5-4-10-25-13/h3-7,10,12H,8-9H2,1-2H3,(H,20,22)(H,21,24)/t12-/m1/s1. The van der Waals surface area contributed by atoms with Crippen LogP contribution in [0.5, 0.6) is 0 Å². The van der Waals surface area contributed by atoms with Crippen molar-refractivity contribution in [2.75, 3.05) is 17.2 Å². The quantitative estimate of drug-likeness (QED) is 0.465. The number of aromatic nitrogens is 2. The molecule has 142 valence electrons. The van der Waals surface area contributed by atoms with E-state index in [-0.39, 0.29) is 11.2 Å². The maximum Gasteiger partial charge on any atom is 0.237 e. The van der Waals surface area contributed by atoms with E-state index in [0.29, 0.717) is 5.02 Å². The van der Waals surface area contributed by atoms with Crippen LogP contribution in [-0.4, -0.2) is 27.9 Å². The lowest BCUT2D eigenvalue weighted by atomic mass is 10.2. The van der Waals surface area contributed by atoms with Crippen molar-refractivity contribution in [1.29, 1.82) is 0 Å². The molecule has 2 heterocycles. The summed E-state index contributed by atoms with van der Waals surface area (Å²) in [5.41, 5.74) is 1.59. The number of thioether (sulfide) groups is 1. The fourth-order valence-electron chi connectivity index (χ4n) is 2.26. The summed E-state index contributed by atoms with van der Waals surface area (Å²) >= 11 is 10.7. The van der Waals surface area contributed by atoms with E-state index in [1.54, 1.807) is 17.4 Å². The Morgan fingerprint density at radius 1 is 1.30 bits per heavy atom. The first-order valence-corrected chi connectivity index (χ1v) is 11.3. The number of nitrogens with one attached hydrogen (secondary N) is 2. The molecule has 0 saturated heterocycles. The molecule has 0 spiro atoms. The molecule has 0 bridgehead atoms. The summed E-state index contributed by atoms with van der Waals surface area (Å²) in [6.07, 6.45) is 0.956. The summed E-state index contributed by atoms with van der Waals surface area (Å²) in [6, 6.07) is 9.64. The lowest BCUT2D eigenvalue weighted by Crippen LogP contribution is -2.22. The summed E-state index contributed by atoms with van der Waals surface area (Å²) < 4.78 is 0.763. The van der Waals surface area contributed by atoms with Gasteiger partial charge in [-0.25, -0.2) is 0 Å². The summed E-state index contributed by atoms with van der Waals surface area (Å²) in [6.45, 7) is 4.55. The molecule has 2 aromatic heterocycles. The van der Waals surface area contributed by atoms with E-state index in [0.717, 1.165) is 33.7 Å². The van der Waals surface area contributed by atoms with Crippen molar-refractivity contribution in [3.8, 4) is 0 Å². The van der Waals surface area contributed by atoms with Crippen molar-refractivity contribution in [2.24, 2.45) is 0 Å². The van der Waals surface area contributed by atoms with Crippen LogP contribution in [0.4, 0.5) is 10.8 Å². The van der Waals surface area contributed by atoms with Crippen LogP contribution in [0, 0.1) is 6.92 Å². The van der Waals surface area contributed by atoms with Gasteiger partial charge < -0.3 is 10.6 Å². The minimum Gasteiger partial charge on any atom is -0.360 e. The molecule has 5 nitrogen and oxygen atoms in total. The molecule has 0 aliphatic heterocycles. The SMILES string of the molecule is Cc1c(Cl)cccc1NC(=O)[C@@H](C)Sc1nnc(NCCc2cccs2)s1. The summed E-state index contributed by atoms with van der Waals surface area (Å²) in [5.74, 6) is -0.0900. The molecule has 0 aliphatic rings. The maximum absolute atomic E-state index is 12.5. The fourth-order valence-corrected chi connectivity index (χ4v) is 5.06. The van der Waals surface area contributed by atoms with Gasteiger partial charge in [-0.2, -0.15) is 0 Å². The molecule has 1 atom stereocenters. The van der Waals surface area contributed by atoms with E-state index in [1.165, 1.54) is 28.0 Å². The van der Waals surface area contributed by atoms with E-state index < -0.39 is 0 Å². The minimum atomic E-state index is -0.296. The second-order valence-corrected chi connectivity index (χ2v) is 9.80. The van der Waals surface area contributed by atoms with Crippen LogP contribution in [0.25, 0.3) is 0 Å². The molecular formula is C18H19ClN4OS3. The Morgan fingerprint density at radius 2 is 2.15 bits per heavy atom. The van der Waals surface area contributed by atoms with Gasteiger partial charge in [0.15, 0.2) is 4.34 Å². The number of hydrogen-bond donors (Lipinski definition) is 2. The highest BCUT2D eigenvalue weighted by atomic mass is 35.5. The summed E-state index contributed by atoms with van der Waals surface area (Å²) in [4.78, 5) is 13.8. The van der Waals surface area contributed by atoms with E-state index in [2.05, 4.69) is 38.3 Å². The third kappa shape index (κ3) is 5.68. The molecule has 1 amide bonds. The zero-order chi connectivity index (χ0) is 19.2. The molecule has 9 heteroatoms. The van der Waals surface area contributed by atoms with Crippen LogP contribution in [-0.2, 0) is 11.2 Å². The van der Waals surface area contributed by atoms with Crippen LogP contribution in [0.2, 0.25) is 5.02 Å². The van der Waals surface area contributed by atoms with Crippen molar-refractivity contribution in [3.05, 3.63) is 51.2 Å². The molecular weight excluding hydrogens is 420 g/mol. The number of anilines is 2. The fraction of sp³-hybridized carbons (Fsp3) is 0.278. The van der Waals surface area contributed by atoms with Crippen molar-refractivity contribution < 1.29 is 4.79 Å². The number of nitrogens with zero attached hydrogens (tertiary/aromatic N) is 2. The first kappa shape index (κ1) is 20.1. The number of amides is 1. The summed E-state index contributed by atoms with van der Waals surface area (Å²) in [5, 5.41) is 17.7. The van der Waals surface area contributed by atoms with Gasteiger partial charge in [0.2, 0.25) is 11.0 Å². The van der Waals surface area contributed by atoms with Gasteiger partial charge in [0.05, 0.1) is 5.25 Å². The molecule has 3 rings (SSSR count). The molecule has 0 aliphatic carbocycles. The first-order chi connectivity index (χ1) is 13.0.